The Morgan fingerprint density at radius 3 is 2.62 bits per heavy atom. The van der Waals surface area contributed by atoms with Crippen molar-refractivity contribution in [2.45, 2.75) is 6.92 Å². The summed E-state index contributed by atoms with van der Waals surface area (Å²) in [6.07, 6.45) is 1.16. The van der Waals surface area contributed by atoms with Crippen LogP contribution in [0.1, 0.15) is 5.56 Å². The van der Waals surface area contributed by atoms with E-state index in [-0.39, 0.29) is 17.3 Å². The molecular formula is C18H12BrFN6O2S. The molecule has 2 N–H and O–H groups in total. The number of hydrogen-bond acceptors (Lipinski definition) is 8. The lowest BCUT2D eigenvalue weighted by atomic mass is 10.2. The average Bonchev–Trinajstić information content (AvgIpc) is 3.08. The van der Waals surface area contributed by atoms with Gasteiger partial charge in [0, 0.05) is 4.47 Å². The number of para-hydroxylation sites is 1. The molecule has 2 heterocycles. The summed E-state index contributed by atoms with van der Waals surface area (Å²) >= 11 is 4.52. The van der Waals surface area contributed by atoms with Gasteiger partial charge in [0.1, 0.15) is 12.1 Å². The van der Waals surface area contributed by atoms with E-state index in [4.69, 9.17) is 0 Å². The van der Waals surface area contributed by atoms with Crippen molar-refractivity contribution in [3.63, 3.8) is 0 Å². The number of nitro groups is 1. The number of hydrogen-bond donors (Lipinski definition) is 2. The Balaban J connectivity index is 1.72. The Bertz CT molecular complexity index is 1250. The van der Waals surface area contributed by atoms with E-state index in [1.807, 2.05) is 25.1 Å². The molecular weight excluding hydrogens is 463 g/mol. The van der Waals surface area contributed by atoms with Crippen LogP contribution in [-0.4, -0.2) is 19.9 Å². The van der Waals surface area contributed by atoms with Crippen LogP contribution >= 0.6 is 27.3 Å². The van der Waals surface area contributed by atoms with Gasteiger partial charge in [-0.1, -0.05) is 39.4 Å². The minimum Gasteiger partial charge on any atom is -0.332 e. The molecule has 0 aliphatic rings. The second kappa shape index (κ2) is 7.68. The zero-order valence-electron chi connectivity index (χ0n) is 14.8. The standard InChI is InChI=1S/C18H12BrFN6O2S/c1-9-3-2-4-13-14(9)24-18(29-13)25-17-15(26(27)28)16(21-8-22-17)23-12-6-5-10(19)7-11(12)20/h2-8H,1H3,(H2,21,22,23,24,25). The van der Waals surface area contributed by atoms with Crippen LogP contribution in [0.5, 0.6) is 0 Å². The molecule has 146 valence electrons. The zero-order valence-corrected chi connectivity index (χ0v) is 17.2. The molecule has 11 heteroatoms. The van der Waals surface area contributed by atoms with E-state index in [2.05, 4.69) is 41.5 Å². The summed E-state index contributed by atoms with van der Waals surface area (Å²) in [4.78, 5) is 23.5. The highest BCUT2D eigenvalue weighted by Gasteiger charge is 2.25. The largest absolute Gasteiger partial charge is 0.353 e. The lowest BCUT2D eigenvalue weighted by Crippen LogP contribution is -2.06. The normalized spacial score (nSPS) is 10.9. The number of aryl methyl sites for hydroxylation is 1. The molecule has 4 rings (SSSR count). The fourth-order valence-corrected chi connectivity index (χ4v) is 3.97. The first-order valence-corrected chi connectivity index (χ1v) is 9.88. The van der Waals surface area contributed by atoms with Crippen LogP contribution in [-0.2, 0) is 0 Å². The van der Waals surface area contributed by atoms with Gasteiger partial charge in [0.2, 0.25) is 11.6 Å². The van der Waals surface area contributed by atoms with E-state index in [0.717, 1.165) is 22.1 Å². The molecule has 2 aromatic heterocycles. The lowest BCUT2D eigenvalue weighted by molar-refractivity contribution is -0.383. The van der Waals surface area contributed by atoms with E-state index < -0.39 is 16.4 Å². The quantitative estimate of drug-likeness (QED) is 0.282. The maximum atomic E-state index is 14.1. The first kappa shape index (κ1) is 19.2. The smallest absolute Gasteiger partial charge is 0.332 e. The van der Waals surface area contributed by atoms with Crippen molar-refractivity contribution >= 4 is 65.6 Å². The third kappa shape index (κ3) is 3.87. The Morgan fingerprint density at radius 1 is 1.17 bits per heavy atom. The second-order valence-corrected chi connectivity index (χ2v) is 7.94. The molecule has 0 amide bonds. The Kier molecular flexibility index (Phi) is 5.07. The molecule has 4 aromatic rings. The first-order chi connectivity index (χ1) is 13.9. The number of benzene rings is 2. The third-order valence-corrected chi connectivity index (χ3v) is 5.46. The molecule has 0 atom stereocenters. The van der Waals surface area contributed by atoms with Crippen molar-refractivity contribution in [2.75, 3.05) is 10.6 Å². The molecule has 29 heavy (non-hydrogen) atoms. The molecule has 8 nitrogen and oxygen atoms in total. The fraction of sp³-hybridized carbons (Fsp3) is 0.0556. The Morgan fingerprint density at radius 2 is 1.93 bits per heavy atom. The topological polar surface area (TPSA) is 106 Å². The molecule has 2 aromatic carbocycles. The highest BCUT2D eigenvalue weighted by Crippen LogP contribution is 2.36. The number of anilines is 4. The third-order valence-electron chi connectivity index (χ3n) is 4.04. The van der Waals surface area contributed by atoms with Gasteiger partial charge in [0.25, 0.3) is 0 Å². The summed E-state index contributed by atoms with van der Waals surface area (Å²) < 4.78 is 15.6. The molecule has 0 bridgehead atoms. The predicted octanol–water partition coefficient (Wildman–Crippen LogP) is 5.69. The molecule has 0 aliphatic heterocycles. The molecule has 0 saturated heterocycles. The molecule has 0 unspecified atom stereocenters. The zero-order chi connectivity index (χ0) is 20.5. The van der Waals surface area contributed by atoms with Crippen LogP contribution in [0.4, 0.5) is 32.5 Å². The maximum Gasteiger partial charge on any atom is 0.353 e. The van der Waals surface area contributed by atoms with Crippen LogP contribution in [0.15, 0.2) is 47.2 Å². The van der Waals surface area contributed by atoms with Gasteiger partial charge in [-0.05, 0) is 36.8 Å². The number of aromatic nitrogens is 3. The molecule has 0 spiro atoms. The van der Waals surface area contributed by atoms with E-state index in [1.165, 1.54) is 23.5 Å². The van der Waals surface area contributed by atoms with Crippen molar-refractivity contribution in [2.24, 2.45) is 0 Å². The van der Waals surface area contributed by atoms with Gasteiger partial charge < -0.3 is 10.6 Å². The van der Waals surface area contributed by atoms with E-state index in [0.29, 0.717) is 9.60 Å². The van der Waals surface area contributed by atoms with E-state index >= 15 is 0 Å². The van der Waals surface area contributed by atoms with Crippen molar-refractivity contribution < 1.29 is 9.31 Å². The van der Waals surface area contributed by atoms with Gasteiger partial charge in [-0.25, -0.2) is 19.3 Å². The average molecular weight is 475 g/mol. The maximum absolute atomic E-state index is 14.1. The number of rotatable bonds is 5. The Hall–Kier alpha value is -3.18. The second-order valence-electron chi connectivity index (χ2n) is 5.99. The monoisotopic (exact) mass is 474 g/mol. The highest BCUT2D eigenvalue weighted by atomic mass is 79.9. The van der Waals surface area contributed by atoms with Crippen molar-refractivity contribution in [1.82, 2.24) is 15.0 Å². The first-order valence-electron chi connectivity index (χ1n) is 8.27. The van der Waals surface area contributed by atoms with Gasteiger partial charge in [-0.15, -0.1) is 0 Å². The fourth-order valence-electron chi connectivity index (χ4n) is 2.69. The number of nitrogens with one attached hydrogen (secondary N) is 2. The number of nitrogens with zero attached hydrogens (tertiary/aromatic N) is 4. The van der Waals surface area contributed by atoms with Crippen LogP contribution in [0.3, 0.4) is 0 Å². The summed E-state index contributed by atoms with van der Waals surface area (Å²) in [7, 11) is 0. The van der Waals surface area contributed by atoms with Crippen LogP contribution in [0.2, 0.25) is 0 Å². The number of halogens is 2. The van der Waals surface area contributed by atoms with Gasteiger partial charge in [0.05, 0.1) is 20.8 Å². The van der Waals surface area contributed by atoms with Gasteiger partial charge in [-0.3, -0.25) is 10.1 Å². The van der Waals surface area contributed by atoms with Crippen molar-refractivity contribution in [3.8, 4) is 0 Å². The SMILES string of the molecule is Cc1cccc2sc(Nc3ncnc(Nc4ccc(Br)cc4F)c3[N+](=O)[O-])nc12. The number of thiazole rings is 1. The van der Waals surface area contributed by atoms with Crippen LogP contribution in [0.25, 0.3) is 10.2 Å². The highest BCUT2D eigenvalue weighted by molar-refractivity contribution is 9.10. The van der Waals surface area contributed by atoms with Gasteiger partial charge >= 0.3 is 5.69 Å². The van der Waals surface area contributed by atoms with Crippen molar-refractivity contribution in [1.29, 1.82) is 0 Å². The summed E-state index contributed by atoms with van der Waals surface area (Å²) in [6.45, 7) is 1.94. The summed E-state index contributed by atoms with van der Waals surface area (Å²) in [5, 5.41) is 17.7. The minimum atomic E-state index is -0.625. The summed E-state index contributed by atoms with van der Waals surface area (Å²) in [5.41, 5.74) is 1.45. The number of fused-ring (bicyclic) bond motifs is 1. The molecule has 0 radical (unpaired) electrons. The van der Waals surface area contributed by atoms with Gasteiger partial charge in [-0.2, -0.15) is 0 Å². The minimum absolute atomic E-state index is 0.0401. The van der Waals surface area contributed by atoms with Crippen LogP contribution in [0, 0.1) is 22.9 Å². The predicted molar refractivity (Wildman–Crippen MR) is 114 cm³/mol. The Labute approximate surface area is 176 Å². The van der Waals surface area contributed by atoms with E-state index in [9.17, 15) is 14.5 Å². The van der Waals surface area contributed by atoms with Crippen LogP contribution < -0.4 is 10.6 Å². The lowest BCUT2D eigenvalue weighted by Gasteiger charge is -2.09. The molecule has 0 aliphatic carbocycles. The van der Waals surface area contributed by atoms with E-state index in [1.54, 1.807) is 6.07 Å². The summed E-state index contributed by atoms with van der Waals surface area (Å²) in [6, 6.07) is 10.1. The molecule has 0 saturated carbocycles. The molecule has 0 fully saturated rings. The summed E-state index contributed by atoms with van der Waals surface area (Å²) in [5.74, 6) is -0.754. The van der Waals surface area contributed by atoms with Crippen molar-refractivity contribution in [3.05, 3.63) is 68.7 Å². The van der Waals surface area contributed by atoms with Gasteiger partial charge in [0.15, 0.2) is 5.13 Å².